The van der Waals surface area contributed by atoms with E-state index in [2.05, 4.69) is 56.2 Å². The standard InChI is InChI=1S/C20H32N10S.HI/c1-3-17-25-20(31-26-17)30-15-13-28(14-16-30)18(21-2)24-7-8-27-9-11-29(12-10-27)19-22-5-4-6-23-19;/h4-6H,3,7-16H2,1-2H3,(H,21,24);1H. The molecule has 0 unspecified atom stereocenters. The second-order valence-electron chi connectivity index (χ2n) is 7.67. The Labute approximate surface area is 211 Å². The van der Waals surface area contributed by atoms with Crippen LogP contribution >= 0.6 is 35.5 Å². The Morgan fingerprint density at radius 1 is 1.03 bits per heavy atom. The van der Waals surface area contributed by atoms with E-state index < -0.39 is 0 Å². The Kier molecular flexibility index (Phi) is 9.66. The normalized spacial score (nSPS) is 17.9. The van der Waals surface area contributed by atoms with Crippen molar-refractivity contribution in [1.82, 2.24) is 34.4 Å². The van der Waals surface area contributed by atoms with Gasteiger partial charge < -0.3 is 20.0 Å². The number of guanidine groups is 1. The molecule has 0 spiro atoms. The van der Waals surface area contributed by atoms with E-state index in [1.165, 1.54) is 11.5 Å². The van der Waals surface area contributed by atoms with Gasteiger partial charge >= 0.3 is 0 Å². The van der Waals surface area contributed by atoms with Crippen LogP contribution in [0.4, 0.5) is 11.1 Å². The smallest absolute Gasteiger partial charge is 0.225 e. The van der Waals surface area contributed by atoms with Gasteiger partial charge in [-0.15, -0.1) is 24.0 Å². The number of piperazine rings is 2. The lowest BCUT2D eigenvalue weighted by Gasteiger charge is -2.37. The SMILES string of the molecule is CCc1nsc(N2CCN(C(=NC)NCCN3CCN(c4ncccn4)CC3)CC2)n1.I. The van der Waals surface area contributed by atoms with Crippen LogP contribution in [0.5, 0.6) is 0 Å². The molecule has 2 aromatic heterocycles. The first-order valence-electron chi connectivity index (χ1n) is 11.0. The lowest BCUT2D eigenvalue weighted by Crippen LogP contribution is -2.54. The Morgan fingerprint density at radius 3 is 2.34 bits per heavy atom. The molecule has 0 bridgehead atoms. The topological polar surface area (TPSA) is 88.9 Å². The second-order valence-corrected chi connectivity index (χ2v) is 8.40. The molecule has 32 heavy (non-hydrogen) atoms. The summed E-state index contributed by atoms with van der Waals surface area (Å²) in [4.78, 5) is 27.2. The van der Waals surface area contributed by atoms with Crippen molar-refractivity contribution in [1.29, 1.82) is 0 Å². The van der Waals surface area contributed by atoms with Crippen molar-refractivity contribution < 1.29 is 0 Å². The lowest BCUT2D eigenvalue weighted by atomic mass is 10.3. The zero-order valence-electron chi connectivity index (χ0n) is 18.9. The summed E-state index contributed by atoms with van der Waals surface area (Å²) in [6.45, 7) is 11.8. The number of anilines is 2. The molecule has 2 fully saturated rings. The monoisotopic (exact) mass is 572 g/mol. The summed E-state index contributed by atoms with van der Waals surface area (Å²) >= 11 is 1.51. The van der Waals surface area contributed by atoms with Gasteiger partial charge in [0.15, 0.2) is 5.96 Å². The molecular weight excluding hydrogens is 539 g/mol. The van der Waals surface area contributed by atoms with Crippen LogP contribution < -0.4 is 15.1 Å². The van der Waals surface area contributed by atoms with Gasteiger partial charge in [0.05, 0.1) is 0 Å². The third-order valence-corrected chi connectivity index (χ3v) is 6.57. The van der Waals surface area contributed by atoms with Crippen LogP contribution in [0.2, 0.25) is 0 Å². The van der Waals surface area contributed by atoms with E-state index in [0.29, 0.717) is 0 Å². The van der Waals surface area contributed by atoms with Crippen molar-refractivity contribution in [3.8, 4) is 0 Å². The fraction of sp³-hybridized carbons (Fsp3) is 0.650. The number of halogens is 1. The fourth-order valence-corrected chi connectivity index (χ4v) is 4.71. The number of aromatic nitrogens is 4. The molecular formula is C20H33IN10S. The minimum atomic E-state index is 0. The number of aliphatic imine (C=N–C) groups is 1. The first-order chi connectivity index (χ1) is 15.3. The number of nitrogens with zero attached hydrogens (tertiary/aromatic N) is 9. The third kappa shape index (κ3) is 6.38. The molecule has 0 saturated carbocycles. The van der Waals surface area contributed by atoms with Gasteiger partial charge in [0.2, 0.25) is 11.1 Å². The Balaban J connectivity index is 0.00000289. The lowest BCUT2D eigenvalue weighted by molar-refractivity contribution is 0.258. The minimum Gasteiger partial charge on any atom is -0.355 e. The minimum absolute atomic E-state index is 0. The van der Waals surface area contributed by atoms with E-state index in [-0.39, 0.29) is 24.0 Å². The average Bonchev–Trinajstić information content (AvgIpc) is 3.32. The van der Waals surface area contributed by atoms with Crippen molar-refractivity contribution in [3.05, 3.63) is 24.3 Å². The van der Waals surface area contributed by atoms with Crippen molar-refractivity contribution in [2.24, 2.45) is 4.99 Å². The summed E-state index contributed by atoms with van der Waals surface area (Å²) in [5.41, 5.74) is 0. The zero-order valence-corrected chi connectivity index (χ0v) is 22.0. The molecule has 2 saturated heterocycles. The van der Waals surface area contributed by atoms with Crippen molar-refractivity contribution in [2.75, 3.05) is 82.3 Å². The molecule has 176 valence electrons. The molecule has 0 aliphatic carbocycles. The van der Waals surface area contributed by atoms with Crippen molar-refractivity contribution in [2.45, 2.75) is 13.3 Å². The number of nitrogens with one attached hydrogen (secondary N) is 1. The first kappa shape index (κ1) is 24.8. The van der Waals surface area contributed by atoms with Crippen LogP contribution in [-0.2, 0) is 6.42 Å². The maximum Gasteiger partial charge on any atom is 0.225 e. The molecule has 0 amide bonds. The van der Waals surface area contributed by atoms with E-state index in [4.69, 9.17) is 0 Å². The summed E-state index contributed by atoms with van der Waals surface area (Å²) < 4.78 is 4.41. The molecule has 2 aliphatic rings. The van der Waals surface area contributed by atoms with E-state index in [9.17, 15) is 0 Å². The van der Waals surface area contributed by atoms with Crippen molar-refractivity contribution in [3.63, 3.8) is 0 Å². The molecule has 2 aliphatic heterocycles. The predicted octanol–water partition coefficient (Wildman–Crippen LogP) is 1.03. The third-order valence-electron chi connectivity index (χ3n) is 5.75. The van der Waals surface area contributed by atoms with Gasteiger partial charge in [-0.1, -0.05) is 6.92 Å². The van der Waals surface area contributed by atoms with E-state index in [1.54, 1.807) is 12.4 Å². The van der Waals surface area contributed by atoms with E-state index >= 15 is 0 Å². The molecule has 2 aromatic rings. The van der Waals surface area contributed by atoms with Crippen LogP contribution in [-0.4, -0.2) is 108 Å². The van der Waals surface area contributed by atoms with Crippen LogP contribution in [0.3, 0.4) is 0 Å². The van der Waals surface area contributed by atoms with Gasteiger partial charge in [-0.05, 0) is 6.07 Å². The highest BCUT2D eigenvalue weighted by Crippen LogP contribution is 2.19. The maximum atomic E-state index is 4.62. The van der Waals surface area contributed by atoms with Crippen LogP contribution in [0.25, 0.3) is 0 Å². The molecule has 4 rings (SSSR count). The summed E-state index contributed by atoms with van der Waals surface area (Å²) in [6.07, 6.45) is 4.50. The fourth-order valence-electron chi connectivity index (χ4n) is 3.91. The highest BCUT2D eigenvalue weighted by atomic mass is 127. The molecule has 12 heteroatoms. The predicted molar refractivity (Wildman–Crippen MR) is 141 cm³/mol. The van der Waals surface area contributed by atoms with E-state index in [0.717, 1.165) is 94.7 Å². The number of hydrogen-bond donors (Lipinski definition) is 1. The summed E-state index contributed by atoms with van der Waals surface area (Å²) in [7, 11) is 1.87. The number of aryl methyl sites for hydroxylation is 1. The van der Waals surface area contributed by atoms with Crippen molar-refractivity contribution >= 4 is 52.5 Å². The van der Waals surface area contributed by atoms with Crippen LogP contribution in [0.15, 0.2) is 23.5 Å². The average molecular weight is 573 g/mol. The van der Waals surface area contributed by atoms with Gasteiger partial charge in [-0.2, -0.15) is 4.37 Å². The highest BCUT2D eigenvalue weighted by Gasteiger charge is 2.22. The maximum absolute atomic E-state index is 4.62. The Bertz CT molecular complexity index is 832. The summed E-state index contributed by atoms with van der Waals surface area (Å²) in [5, 5.41) is 4.59. The van der Waals surface area contributed by atoms with Crippen LogP contribution in [0.1, 0.15) is 12.7 Å². The Hall–Kier alpha value is -1.80. The van der Waals surface area contributed by atoms with Gasteiger partial charge in [0.25, 0.3) is 0 Å². The molecule has 1 N–H and O–H groups in total. The van der Waals surface area contributed by atoms with Gasteiger partial charge in [-0.3, -0.25) is 9.89 Å². The first-order valence-corrected chi connectivity index (χ1v) is 11.8. The van der Waals surface area contributed by atoms with Gasteiger partial charge in [-0.25, -0.2) is 15.0 Å². The number of hydrogen-bond acceptors (Lipinski definition) is 9. The molecule has 0 radical (unpaired) electrons. The second kappa shape index (κ2) is 12.4. The molecule has 10 nitrogen and oxygen atoms in total. The largest absolute Gasteiger partial charge is 0.355 e. The number of rotatable bonds is 6. The van der Waals surface area contributed by atoms with Gasteiger partial charge in [0.1, 0.15) is 5.82 Å². The molecule has 4 heterocycles. The quantitative estimate of drug-likeness (QED) is 0.310. The zero-order chi connectivity index (χ0) is 21.5. The van der Waals surface area contributed by atoms with Crippen LogP contribution in [0, 0.1) is 0 Å². The summed E-state index contributed by atoms with van der Waals surface area (Å²) in [5.74, 6) is 2.76. The molecule has 0 atom stereocenters. The molecule has 0 aromatic carbocycles. The highest BCUT2D eigenvalue weighted by molar-refractivity contribution is 14.0. The summed E-state index contributed by atoms with van der Waals surface area (Å²) in [6, 6.07) is 1.86. The van der Waals surface area contributed by atoms with Gasteiger partial charge in [0, 0.05) is 103 Å². The van der Waals surface area contributed by atoms with E-state index in [1.807, 2.05) is 13.1 Å². The Morgan fingerprint density at radius 2 is 1.72 bits per heavy atom.